The third-order valence-corrected chi connectivity index (χ3v) is 4.65. The molecule has 3 rings (SSSR count). The smallest absolute Gasteiger partial charge is 0.0473 e. The van der Waals surface area contributed by atoms with Crippen molar-refractivity contribution in [2.45, 2.75) is 43.7 Å². The van der Waals surface area contributed by atoms with Crippen LogP contribution in [0.5, 0.6) is 0 Å². The molecule has 3 aliphatic rings. The molecule has 2 aliphatic heterocycles. The van der Waals surface area contributed by atoms with E-state index in [1.165, 1.54) is 51.7 Å². The van der Waals surface area contributed by atoms with Crippen LogP contribution in [0.1, 0.15) is 32.1 Å². The summed E-state index contributed by atoms with van der Waals surface area (Å²) in [5.41, 5.74) is 6.31. The first-order valence-electron chi connectivity index (χ1n) is 6.53. The highest BCUT2D eigenvalue weighted by Crippen LogP contribution is 2.36. The molecule has 3 fully saturated rings. The van der Waals surface area contributed by atoms with E-state index in [1.54, 1.807) is 0 Å². The number of nitrogens with two attached hydrogens (primary N) is 1. The molecule has 0 bridgehead atoms. The summed E-state index contributed by atoms with van der Waals surface area (Å²) in [6.07, 6.45) is 6.86. The maximum absolute atomic E-state index is 6.04. The minimum Gasteiger partial charge on any atom is -0.329 e. The second kappa shape index (κ2) is 3.72. The molecule has 2 unspecified atom stereocenters. The summed E-state index contributed by atoms with van der Waals surface area (Å²) < 4.78 is 0. The standard InChI is InChI=1S/C12H23N3/c13-9-12(14-8-10-3-4-10)5-7-15-6-1-2-11(12)15/h10-11,14H,1-9,13H2. The molecule has 2 atom stereocenters. The zero-order valence-electron chi connectivity index (χ0n) is 9.54. The highest BCUT2D eigenvalue weighted by Gasteiger charge is 2.48. The van der Waals surface area contributed by atoms with Gasteiger partial charge in [0.05, 0.1) is 0 Å². The van der Waals surface area contributed by atoms with E-state index in [9.17, 15) is 0 Å². The quantitative estimate of drug-likeness (QED) is 0.710. The van der Waals surface area contributed by atoms with Crippen LogP contribution in [0.2, 0.25) is 0 Å². The van der Waals surface area contributed by atoms with Crippen LogP contribution < -0.4 is 11.1 Å². The minimum absolute atomic E-state index is 0.263. The maximum Gasteiger partial charge on any atom is 0.0473 e. The Morgan fingerprint density at radius 2 is 2.13 bits per heavy atom. The molecule has 0 amide bonds. The van der Waals surface area contributed by atoms with Crippen molar-refractivity contribution in [1.29, 1.82) is 0 Å². The third kappa shape index (κ3) is 1.71. The van der Waals surface area contributed by atoms with Gasteiger partial charge in [0, 0.05) is 24.7 Å². The number of hydrogen-bond acceptors (Lipinski definition) is 3. The average Bonchev–Trinajstić information content (AvgIpc) is 2.85. The largest absolute Gasteiger partial charge is 0.329 e. The minimum atomic E-state index is 0.263. The van der Waals surface area contributed by atoms with Gasteiger partial charge in [0.1, 0.15) is 0 Å². The lowest BCUT2D eigenvalue weighted by Gasteiger charge is -2.35. The second-order valence-electron chi connectivity index (χ2n) is 5.63. The molecular weight excluding hydrogens is 186 g/mol. The summed E-state index contributed by atoms with van der Waals surface area (Å²) in [4.78, 5) is 2.65. The van der Waals surface area contributed by atoms with Gasteiger partial charge in [-0.05, 0) is 51.1 Å². The van der Waals surface area contributed by atoms with Gasteiger partial charge in [0.15, 0.2) is 0 Å². The summed E-state index contributed by atoms with van der Waals surface area (Å²) in [5.74, 6) is 0.962. The number of fused-ring (bicyclic) bond motifs is 1. The van der Waals surface area contributed by atoms with Crippen molar-refractivity contribution in [2.24, 2.45) is 11.7 Å². The Labute approximate surface area is 92.4 Å². The van der Waals surface area contributed by atoms with E-state index in [2.05, 4.69) is 10.2 Å². The van der Waals surface area contributed by atoms with Crippen LogP contribution >= 0.6 is 0 Å². The van der Waals surface area contributed by atoms with Crippen LogP contribution in [0.4, 0.5) is 0 Å². The van der Waals surface area contributed by atoms with E-state index in [0.29, 0.717) is 0 Å². The Hall–Kier alpha value is -0.120. The van der Waals surface area contributed by atoms with Gasteiger partial charge in [0.2, 0.25) is 0 Å². The lowest BCUT2D eigenvalue weighted by molar-refractivity contribution is 0.227. The Kier molecular flexibility index (Phi) is 2.49. The highest BCUT2D eigenvalue weighted by molar-refractivity contribution is 5.09. The molecule has 1 saturated carbocycles. The van der Waals surface area contributed by atoms with Gasteiger partial charge in [0.25, 0.3) is 0 Å². The van der Waals surface area contributed by atoms with E-state index in [4.69, 9.17) is 5.73 Å². The van der Waals surface area contributed by atoms with E-state index in [-0.39, 0.29) is 5.54 Å². The van der Waals surface area contributed by atoms with Crippen molar-refractivity contribution in [3.05, 3.63) is 0 Å². The molecule has 3 N–H and O–H groups in total. The molecule has 0 radical (unpaired) electrons. The van der Waals surface area contributed by atoms with Gasteiger partial charge in [-0.2, -0.15) is 0 Å². The van der Waals surface area contributed by atoms with E-state index in [1.807, 2.05) is 0 Å². The zero-order valence-corrected chi connectivity index (χ0v) is 9.54. The average molecular weight is 209 g/mol. The van der Waals surface area contributed by atoms with Crippen molar-refractivity contribution < 1.29 is 0 Å². The summed E-state index contributed by atoms with van der Waals surface area (Å²) in [6.45, 7) is 4.60. The number of hydrogen-bond donors (Lipinski definition) is 2. The molecule has 15 heavy (non-hydrogen) atoms. The molecule has 2 heterocycles. The van der Waals surface area contributed by atoms with Crippen LogP contribution in [0.15, 0.2) is 0 Å². The molecule has 0 aromatic carbocycles. The van der Waals surface area contributed by atoms with Crippen LogP contribution in [0.3, 0.4) is 0 Å². The molecule has 1 aliphatic carbocycles. The van der Waals surface area contributed by atoms with Crippen LogP contribution in [-0.4, -0.2) is 42.7 Å². The fourth-order valence-corrected chi connectivity index (χ4v) is 3.42. The van der Waals surface area contributed by atoms with Crippen LogP contribution in [0.25, 0.3) is 0 Å². The van der Waals surface area contributed by atoms with E-state index in [0.717, 1.165) is 18.5 Å². The van der Waals surface area contributed by atoms with Crippen molar-refractivity contribution in [3.8, 4) is 0 Å². The first-order valence-corrected chi connectivity index (χ1v) is 6.53. The zero-order chi connectivity index (χ0) is 10.3. The predicted molar refractivity (Wildman–Crippen MR) is 61.7 cm³/mol. The topological polar surface area (TPSA) is 41.3 Å². The fourth-order valence-electron chi connectivity index (χ4n) is 3.42. The van der Waals surface area contributed by atoms with Crippen molar-refractivity contribution in [1.82, 2.24) is 10.2 Å². The molecule has 3 heteroatoms. The van der Waals surface area contributed by atoms with Gasteiger partial charge < -0.3 is 11.1 Å². The fraction of sp³-hybridized carbons (Fsp3) is 1.00. The molecule has 2 saturated heterocycles. The van der Waals surface area contributed by atoms with Gasteiger partial charge in [-0.3, -0.25) is 4.90 Å². The monoisotopic (exact) mass is 209 g/mol. The van der Waals surface area contributed by atoms with E-state index < -0.39 is 0 Å². The number of nitrogens with one attached hydrogen (secondary N) is 1. The van der Waals surface area contributed by atoms with Gasteiger partial charge in [-0.1, -0.05) is 0 Å². The number of rotatable bonds is 4. The SMILES string of the molecule is NCC1(NCC2CC2)CCN2CCCC21. The lowest BCUT2D eigenvalue weighted by Crippen LogP contribution is -2.58. The first-order chi connectivity index (χ1) is 7.34. The summed E-state index contributed by atoms with van der Waals surface area (Å²) in [6, 6.07) is 0.737. The second-order valence-corrected chi connectivity index (χ2v) is 5.63. The predicted octanol–water partition coefficient (Wildman–Crippen LogP) is 0.552. The maximum atomic E-state index is 6.04. The third-order valence-electron chi connectivity index (χ3n) is 4.65. The Bertz CT molecular complexity index is 239. The highest BCUT2D eigenvalue weighted by atomic mass is 15.3. The Balaban J connectivity index is 1.67. The Morgan fingerprint density at radius 1 is 1.27 bits per heavy atom. The van der Waals surface area contributed by atoms with Crippen molar-refractivity contribution in [2.75, 3.05) is 26.2 Å². The van der Waals surface area contributed by atoms with Crippen molar-refractivity contribution >= 4 is 0 Å². The molecule has 0 aromatic heterocycles. The molecular formula is C12H23N3. The van der Waals surface area contributed by atoms with Crippen LogP contribution in [0, 0.1) is 5.92 Å². The summed E-state index contributed by atoms with van der Waals surface area (Å²) in [5, 5.41) is 3.81. The molecule has 86 valence electrons. The van der Waals surface area contributed by atoms with E-state index >= 15 is 0 Å². The normalized spacial score (nSPS) is 41.0. The van der Waals surface area contributed by atoms with Crippen molar-refractivity contribution in [3.63, 3.8) is 0 Å². The van der Waals surface area contributed by atoms with Gasteiger partial charge in [-0.15, -0.1) is 0 Å². The summed E-state index contributed by atoms with van der Waals surface area (Å²) >= 11 is 0. The van der Waals surface area contributed by atoms with Crippen LogP contribution in [-0.2, 0) is 0 Å². The molecule has 0 aromatic rings. The first kappa shape index (κ1) is 10.1. The van der Waals surface area contributed by atoms with Gasteiger partial charge in [-0.25, -0.2) is 0 Å². The Morgan fingerprint density at radius 3 is 2.87 bits per heavy atom. The number of nitrogens with zero attached hydrogens (tertiary/aromatic N) is 1. The lowest BCUT2D eigenvalue weighted by atomic mass is 9.88. The summed E-state index contributed by atoms with van der Waals surface area (Å²) in [7, 11) is 0. The molecule has 0 spiro atoms. The van der Waals surface area contributed by atoms with Gasteiger partial charge >= 0.3 is 0 Å². The molecule has 3 nitrogen and oxygen atoms in total.